The van der Waals surface area contributed by atoms with Crippen molar-refractivity contribution >= 4 is 15.9 Å². The number of nitrogens with zero attached hydrogens (tertiary/aromatic N) is 3. The Bertz CT molecular complexity index is 807. The largest absolute Gasteiger partial charge is 0.379 e. The number of hydrogen-bond donors (Lipinski definition) is 0. The Morgan fingerprint density at radius 1 is 0.933 bits per heavy atom. The van der Waals surface area contributed by atoms with Crippen LogP contribution in [0.25, 0.3) is 0 Å². The summed E-state index contributed by atoms with van der Waals surface area (Å²) in [5.41, 5.74) is 0.571. The SMILES string of the molecule is O=C(c1ccc(S(=O)(=O)N2CCCC2)cc1)N1CCC(CCN2CCOCC2)CC1. The summed E-state index contributed by atoms with van der Waals surface area (Å²) in [5, 5.41) is 0. The van der Waals surface area contributed by atoms with Gasteiger partial charge in [0.25, 0.3) is 5.91 Å². The summed E-state index contributed by atoms with van der Waals surface area (Å²) in [6.45, 7) is 7.58. The molecular formula is C22H33N3O4S. The monoisotopic (exact) mass is 435 g/mol. The molecule has 3 heterocycles. The van der Waals surface area contributed by atoms with Gasteiger partial charge in [-0.25, -0.2) is 8.42 Å². The number of amides is 1. The maximum absolute atomic E-state index is 12.9. The van der Waals surface area contributed by atoms with E-state index in [9.17, 15) is 13.2 Å². The fraction of sp³-hybridized carbons (Fsp3) is 0.682. The molecule has 166 valence electrons. The first-order chi connectivity index (χ1) is 14.5. The average Bonchev–Trinajstić information content (AvgIpc) is 3.34. The third kappa shape index (κ3) is 5.04. The lowest BCUT2D eigenvalue weighted by atomic mass is 9.93. The molecule has 0 saturated carbocycles. The predicted octanol–water partition coefficient (Wildman–Crippen LogP) is 2.05. The van der Waals surface area contributed by atoms with Crippen LogP contribution in [0.2, 0.25) is 0 Å². The minimum atomic E-state index is -3.43. The van der Waals surface area contributed by atoms with E-state index in [1.54, 1.807) is 24.3 Å². The fourth-order valence-corrected chi connectivity index (χ4v) is 6.16. The van der Waals surface area contributed by atoms with Crippen molar-refractivity contribution in [3.05, 3.63) is 29.8 Å². The van der Waals surface area contributed by atoms with Gasteiger partial charge in [0.1, 0.15) is 0 Å². The van der Waals surface area contributed by atoms with Crippen LogP contribution in [-0.4, -0.2) is 87.5 Å². The summed E-state index contributed by atoms with van der Waals surface area (Å²) in [7, 11) is -3.43. The highest BCUT2D eigenvalue weighted by molar-refractivity contribution is 7.89. The predicted molar refractivity (Wildman–Crippen MR) is 115 cm³/mol. The van der Waals surface area contributed by atoms with Crippen molar-refractivity contribution in [1.82, 2.24) is 14.1 Å². The molecule has 1 amide bonds. The van der Waals surface area contributed by atoms with E-state index in [1.165, 1.54) is 10.7 Å². The van der Waals surface area contributed by atoms with Crippen LogP contribution in [0, 0.1) is 5.92 Å². The highest BCUT2D eigenvalue weighted by atomic mass is 32.2. The Labute approximate surface area is 180 Å². The summed E-state index contributed by atoms with van der Waals surface area (Å²) in [6.07, 6.45) is 5.09. The van der Waals surface area contributed by atoms with Crippen LogP contribution < -0.4 is 0 Å². The molecule has 3 aliphatic heterocycles. The molecular weight excluding hydrogens is 402 g/mol. The second-order valence-corrected chi connectivity index (χ2v) is 10.6. The molecule has 1 aromatic carbocycles. The number of likely N-dealkylation sites (tertiary alicyclic amines) is 1. The summed E-state index contributed by atoms with van der Waals surface area (Å²) in [6, 6.07) is 6.48. The number of hydrogen-bond acceptors (Lipinski definition) is 5. The smallest absolute Gasteiger partial charge is 0.253 e. The molecule has 0 bridgehead atoms. The van der Waals surface area contributed by atoms with E-state index in [0.717, 1.165) is 71.6 Å². The van der Waals surface area contributed by atoms with Gasteiger partial charge in [-0.2, -0.15) is 4.31 Å². The van der Waals surface area contributed by atoms with Gasteiger partial charge in [0.15, 0.2) is 0 Å². The van der Waals surface area contributed by atoms with Gasteiger partial charge in [-0.1, -0.05) is 0 Å². The molecule has 0 unspecified atom stereocenters. The third-order valence-corrected chi connectivity index (χ3v) is 8.58. The molecule has 3 aliphatic rings. The molecule has 3 fully saturated rings. The van der Waals surface area contributed by atoms with Gasteiger partial charge in [0.2, 0.25) is 10.0 Å². The second kappa shape index (κ2) is 9.77. The lowest BCUT2D eigenvalue weighted by molar-refractivity contribution is 0.0332. The molecule has 0 spiro atoms. The van der Waals surface area contributed by atoms with Crippen LogP contribution in [0.5, 0.6) is 0 Å². The fourth-order valence-electron chi connectivity index (χ4n) is 4.64. The zero-order valence-corrected chi connectivity index (χ0v) is 18.5. The van der Waals surface area contributed by atoms with E-state index in [1.807, 2.05) is 4.90 Å². The number of ether oxygens (including phenoxy) is 1. The molecule has 4 rings (SSSR count). The Morgan fingerprint density at radius 2 is 1.57 bits per heavy atom. The van der Waals surface area contributed by atoms with Gasteiger partial charge in [-0.15, -0.1) is 0 Å². The molecule has 0 radical (unpaired) electrons. The second-order valence-electron chi connectivity index (χ2n) is 8.61. The van der Waals surface area contributed by atoms with E-state index in [-0.39, 0.29) is 10.8 Å². The molecule has 30 heavy (non-hydrogen) atoms. The number of benzene rings is 1. The lowest BCUT2D eigenvalue weighted by Crippen LogP contribution is -2.40. The Morgan fingerprint density at radius 3 is 2.20 bits per heavy atom. The van der Waals surface area contributed by atoms with Crippen LogP contribution in [-0.2, 0) is 14.8 Å². The molecule has 1 aromatic rings. The van der Waals surface area contributed by atoms with Gasteiger partial charge in [-0.05, 0) is 68.8 Å². The van der Waals surface area contributed by atoms with E-state index in [2.05, 4.69) is 4.90 Å². The van der Waals surface area contributed by atoms with Crippen molar-refractivity contribution in [1.29, 1.82) is 0 Å². The first kappa shape index (κ1) is 21.7. The summed E-state index contributed by atoms with van der Waals surface area (Å²) in [4.78, 5) is 17.5. The molecule has 3 saturated heterocycles. The topological polar surface area (TPSA) is 70.2 Å². The first-order valence-electron chi connectivity index (χ1n) is 11.2. The van der Waals surface area contributed by atoms with Crippen molar-refractivity contribution in [2.24, 2.45) is 5.92 Å². The number of sulfonamides is 1. The van der Waals surface area contributed by atoms with Crippen molar-refractivity contribution in [2.45, 2.75) is 37.0 Å². The maximum atomic E-state index is 12.9. The summed E-state index contributed by atoms with van der Waals surface area (Å²) < 4.78 is 32.2. The normalized spacial score (nSPS) is 22.5. The van der Waals surface area contributed by atoms with Crippen molar-refractivity contribution in [3.63, 3.8) is 0 Å². The van der Waals surface area contributed by atoms with Crippen LogP contribution in [0.4, 0.5) is 0 Å². The van der Waals surface area contributed by atoms with E-state index in [4.69, 9.17) is 4.74 Å². The van der Waals surface area contributed by atoms with E-state index in [0.29, 0.717) is 24.6 Å². The van der Waals surface area contributed by atoms with Crippen molar-refractivity contribution in [2.75, 3.05) is 59.0 Å². The number of piperidine rings is 1. The molecule has 0 aliphatic carbocycles. The average molecular weight is 436 g/mol. The standard InChI is InChI=1S/C22H33N3O4S/c26-22(20-3-5-21(6-4-20)30(27,28)25-10-1-2-11-25)24-13-8-19(9-14-24)7-12-23-15-17-29-18-16-23/h3-6,19H,1-2,7-18H2. The minimum absolute atomic E-state index is 0.00625. The van der Waals surface area contributed by atoms with Crippen molar-refractivity contribution < 1.29 is 17.9 Å². The number of rotatable bonds is 6. The van der Waals surface area contributed by atoms with Crippen LogP contribution in [0.1, 0.15) is 42.5 Å². The maximum Gasteiger partial charge on any atom is 0.253 e. The molecule has 0 aromatic heterocycles. The van der Waals surface area contributed by atoms with Crippen LogP contribution >= 0.6 is 0 Å². The molecule has 0 N–H and O–H groups in total. The summed E-state index contributed by atoms with van der Waals surface area (Å²) in [5.74, 6) is 0.677. The van der Waals surface area contributed by atoms with Gasteiger partial charge < -0.3 is 9.64 Å². The molecule has 0 atom stereocenters. The molecule has 8 heteroatoms. The molecule has 7 nitrogen and oxygen atoms in total. The summed E-state index contributed by atoms with van der Waals surface area (Å²) >= 11 is 0. The Hall–Kier alpha value is -1.48. The van der Waals surface area contributed by atoms with Gasteiger partial charge in [0, 0.05) is 44.8 Å². The lowest BCUT2D eigenvalue weighted by Gasteiger charge is -2.34. The number of carbonyl (C=O) groups is 1. The van der Waals surface area contributed by atoms with Crippen LogP contribution in [0.15, 0.2) is 29.2 Å². The van der Waals surface area contributed by atoms with Crippen LogP contribution in [0.3, 0.4) is 0 Å². The zero-order chi connectivity index (χ0) is 21.0. The van der Waals surface area contributed by atoms with Gasteiger partial charge in [0.05, 0.1) is 18.1 Å². The van der Waals surface area contributed by atoms with Gasteiger partial charge in [-0.3, -0.25) is 9.69 Å². The highest BCUT2D eigenvalue weighted by Crippen LogP contribution is 2.24. The number of morpholine rings is 1. The quantitative estimate of drug-likeness (QED) is 0.684. The first-order valence-corrected chi connectivity index (χ1v) is 12.7. The third-order valence-electron chi connectivity index (χ3n) is 6.66. The zero-order valence-electron chi connectivity index (χ0n) is 17.7. The minimum Gasteiger partial charge on any atom is -0.379 e. The number of carbonyl (C=O) groups excluding carboxylic acids is 1. The van der Waals surface area contributed by atoms with E-state index < -0.39 is 10.0 Å². The highest BCUT2D eigenvalue weighted by Gasteiger charge is 2.28. The van der Waals surface area contributed by atoms with Gasteiger partial charge >= 0.3 is 0 Å². The Kier molecular flexibility index (Phi) is 7.08. The Balaban J connectivity index is 1.27. The van der Waals surface area contributed by atoms with E-state index >= 15 is 0 Å². The van der Waals surface area contributed by atoms with Crippen molar-refractivity contribution in [3.8, 4) is 0 Å².